The second-order valence-electron chi connectivity index (χ2n) is 6.09. The van der Waals surface area contributed by atoms with Gasteiger partial charge in [0.05, 0.1) is 6.04 Å². The van der Waals surface area contributed by atoms with Crippen LogP contribution in [-0.4, -0.2) is 30.7 Å². The molecule has 2 aromatic carbocycles. The summed E-state index contributed by atoms with van der Waals surface area (Å²) in [6.45, 7) is -0.00436. The lowest BCUT2D eigenvalue weighted by molar-refractivity contribution is -0.134. The summed E-state index contributed by atoms with van der Waals surface area (Å²) >= 11 is 0. The number of hydrogen-bond acceptors (Lipinski definition) is 3. The highest BCUT2D eigenvalue weighted by Gasteiger charge is 2.26. The summed E-state index contributed by atoms with van der Waals surface area (Å²) in [6.07, 6.45) is 3.93. The van der Waals surface area contributed by atoms with Gasteiger partial charge in [-0.25, -0.2) is 0 Å². The standard InChI is InChI=1S/C20H21NO3/c1-21(19-8-4-6-16-5-2-3-7-18(16)19)20(23)14-24-17-11-9-15(13-22)10-12-17/h2-3,5,7,9-13,19H,4,6,8,14H2,1H3. The minimum atomic E-state index is -0.0452. The Balaban J connectivity index is 1.63. The van der Waals surface area contributed by atoms with Crippen molar-refractivity contribution >= 4 is 12.2 Å². The normalized spacial score (nSPS) is 16.1. The van der Waals surface area contributed by atoms with Crippen molar-refractivity contribution in [1.29, 1.82) is 0 Å². The van der Waals surface area contributed by atoms with Gasteiger partial charge in [-0.1, -0.05) is 24.3 Å². The second-order valence-corrected chi connectivity index (χ2v) is 6.09. The molecule has 0 bridgehead atoms. The molecule has 0 heterocycles. The van der Waals surface area contributed by atoms with Gasteiger partial charge in [-0.3, -0.25) is 9.59 Å². The lowest BCUT2D eigenvalue weighted by Gasteiger charge is -2.33. The van der Waals surface area contributed by atoms with Crippen molar-refractivity contribution < 1.29 is 14.3 Å². The number of benzene rings is 2. The number of carbonyl (C=O) groups excluding carboxylic acids is 2. The van der Waals surface area contributed by atoms with Crippen molar-refractivity contribution in [1.82, 2.24) is 4.90 Å². The minimum absolute atomic E-state index is 0.00436. The van der Waals surface area contributed by atoms with E-state index in [0.29, 0.717) is 11.3 Å². The first-order valence-corrected chi connectivity index (χ1v) is 8.20. The molecule has 0 spiro atoms. The van der Waals surface area contributed by atoms with Gasteiger partial charge >= 0.3 is 0 Å². The molecule has 1 unspecified atom stereocenters. The van der Waals surface area contributed by atoms with E-state index in [9.17, 15) is 9.59 Å². The Morgan fingerprint density at radius 1 is 1.21 bits per heavy atom. The van der Waals surface area contributed by atoms with Crippen molar-refractivity contribution in [3.8, 4) is 5.75 Å². The molecular weight excluding hydrogens is 302 g/mol. The molecular formula is C20H21NO3. The van der Waals surface area contributed by atoms with Crippen LogP contribution in [0.4, 0.5) is 0 Å². The molecule has 0 aliphatic heterocycles. The van der Waals surface area contributed by atoms with E-state index >= 15 is 0 Å². The van der Waals surface area contributed by atoms with E-state index in [4.69, 9.17) is 4.74 Å². The average Bonchev–Trinajstić information content (AvgIpc) is 2.65. The highest BCUT2D eigenvalue weighted by molar-refractivity contribution is 5.78. The molecule has 1 amide bonds. The zero-order chi connectivity index (χ0) is 16.9. The van der Waals surface area contributed by atoms with E-state index in [1.807, 2.05) is 13.1 Å². The third kappa shape index (κ3) is 3.48. The molecule has 3 rings (SSSR count). The van der Waals surface area contributed by atoms with Crippen LogP contribution in [0, 0.1) is 0 Å². The van der Waals surface area contributed by atoms with Crippen LogP contribution in [0.25, 0.3) is 0 Å². The maximum absolute atomic E-state index is 12.5. The number of hydrogen-bond donors (Lipinski definition) is 0. The molecule has 0 saturated heterocycles. The number of amides is 1. The SMILES string of the molecule is CN(C(=O)COc1ccc(C=O)cc1)C1CCCc2ccccc21. The molecule has 2 aromatic rings. The van der Waals surface area contributed by atoms with Gasteiger partial charge in [0.2, 0.25) is 0 Å². The lowest BCUT2D eigenvalue weighted by atomic mass is 9.87. The molecule has 0 fully saturated rings. The van der Waals surface area contributed by atoms with Crippen molar-refractivity contribution in [2.75, 3.05) is 13.7 Å². The van der Waals surface area contributed by atoms with Crippen LogP contribution in [0.2, 0.25) is 0 Å². The molecule has 124 valence electrons. The van der Waals surface area contributed by atoms with Crippen LogP contribution < -0.4 is 4.74 Å². The number of carbonyl (C=O) groups is 2. The first-order chi connectivity index (χ1) is 11.7. The molecule has 4 nitrogen and oxygen atoms in total. The first-order valence-electron chi connectivity index (χ1n) is 8.20. The number of likely N-dealkylation sites (N-methyl/N-ethyl adjacent to an activating group) is 1. The summed E-state index contributed by atoms with van der Waals surface area (Å²) in [7, 11) is 1.84. The molecule has 1 aliphatic carbocycles. The van der Waals surface area contributed by atoms with Crippen molar-refractivity contribution in [2.45, 2.75) is 25.3 Å². The smallest absolute Gasteiger partial charge is 0.260 e. The maximum atomic E-state index is 12.5. The summed E-state index contributed by atoms with van der Waals surface area (Å²) in [5.74, 6) is 0.544. The summed E-state index contributed by atoms with van der Waals surface area (Å²) in [4.78, 5) is 24.9. The second kappa shape index (κ2) is 7.30. The topological polar surface area (TPSA) is 46.6 Å². The van der Waals surface area contributed by atoms with Gasteiger partial charge in [0, 0.05) is 12.6 Å². The largest absolute Gasteiger partial charge is 0.484 e. The van der Waals surface area contributed by atoms with Crippen LogP contribution in [0.3, 0.4) is 0 Å². The predicted octanol–water partition coefficient (Wildman–Crippen LogP) is 3.41. The first kappa shape index (κ1) is 16.2. The van der Waals surface area contributed by atoms with Gasteiger partial charge in [-0.2, -0.15) is 0 Å². The summed E-state index contributed by atoms with van der Waals surface area (Å²) in [5.41, 5.74) is 3.17. The molecule has 4 heteroatoms. The Labute approximate surface area is 142 Å². The third-order valence-electron chi connectivity index (χ3n) is 4.58. The lowest BCUT2D eigenvalue weighted by Crippen LogP contribution is -2.36. The maximum Gasteiger partial charge on any atom is 0.260 e. The Hall–Kier alpha value is -2.62. The monoisotopic (exact) mass is 323 g/mol. The van der Waals surface area contributed by atoms with Gasteiger partial charge in [-0.05, 0) is 54.7 Å². The van der Waals surface area contributed by atoms with Gasteiger partial charge < -0.3 is 9.64 Å². The van der Waals surface area contributed by atoms with E-state index in [1.165, 1.54) is 11.1 Å². The molecule has 1 aliphatic rings. The third-order valence-corrected chi connectivity index (χ3v) is 4.58. The number of fused-ring (bicyclic) bond motifs is 1. The Bertz CT molecular complexity index is 724. The van der Waals surface area contributed by atoms with Crippen LogP contribution in [0.5, 0.6) is 5.75 Å². The summed E-state index contributed by atoms with van der Waals surface area (Å²) < 4.78 is 5.56. The summed E-state index contributed by atoms with van der Waals surface area (Å²) in [6, 6.07) is 15.2. The number of aldehydes is 1. The number of rotatable bonds is 5. The van der Waals surface area contributed by atoms with Crippen LogP contribution in [0.15, 0.2) is 48.5 Å². The highest BCUT2D eigenvalue weighted by atomic mass is 16.5. The fourth-order valence-electron chi connectivity index (χ4n) is 3.19. The van der Waals surface area contributed by atoms with Gasteiger partial charge in [-0.15, -0.1) is 0 Å². The van der Waals surface area contributed by atoms with E-state index in [1.54, 1.807) is 29.2 Å². The van der Waals surface area contributed by atoms with Gasteiger partial charge in [0.1, 0.15) is 12.0 Å². The van der Waals surface area contributed by atoms with E-state index in [0.717, 1.165) is 25.5 Å². The zero-order valence-corrected chi connectivity index (χ0v) is 13.8. The molecule has 0 N–H and O–H groups in total. The van der Waals surface area contributed by atoms with Crippen molar-refractivity contribution in [2.24, 2.45) is 0 Å². The molecule has 24 heavy (non-hydrogen) atoms. The molecule has 1 atom stereocenters. The van der Waals surface area contributed by atoms with Crippen molar-refractivity contribution in [3.63, 3.8) is 0 Å². The quantitative estimate of drug-likeness (QED) is 0.792. The van der Waals surface area contributed by atoms with Gasteiger partial charge in [0.15, 0.2) is 6.61 Å². The number of nitrogens with zero attached hydrogens (tertiary/aromatic N) is 1. The van der Waals surface area contributed by atoms with Gasteiger partial charge in [0.25, 0.3) is 5.91 Å². The molecule has 0 aromatic heterocycles. The fraction of sp³-hybridized carbons (Fsp3) is 0.300. The van der Waals surface area contributed by atoms with Crippen molar-refractivity contribution in [3.05, 3.63) is 65.2 Å². The molecule has 0 radical (unpaired) electrons. The van der Waals surface area contributed by atoms with E-state index in [-0.39, 0.29) is 18.6 Å². The zero-order valence-electron chi connectivity index (χ0n) is 13.8. The predicted molar refractivity (Wildman–Crippen MR) is 92.2 cm³/mol. The Morgan fingerprint density at radius 2 is 1.96 bits per heavy atom. The molecule has 0 saturated carbocycles. The Morgan fingerprint density at radius 3 is 2.71 bits per heavy atom. The van der Waals surface area contributed by atoms with E-state index < -0.39 is 0 Å². The minimum Gasteiger partial charge on any atom is -0.484 e. The number of aryl methyl sites for hydroxylation is 1. The van der Waals surface area contributed by atoms with Crippen LogP contribution in [0.1, 0.15) is 40.4 Å². The van der Waals surface area contributed by atoms with Crippen LogP contribution in [-0.2, 0) is 11.2 Å². The van der Waals surface area contributed by atoms with E-state index in [2.05, 4.69) is 18.2 Å². The Kier molecular flexibility index (Phi) is 4.94. The number of ether oxygens (including phenoxy) is 1. The van der Waals surface area contributed by atoms with Crippen LogP contribution >= 0.6 is 0 Å². The average molecular weight is 323 g/mol. The highest BCUT2D eigenvalue weighted by Crippen LogP contribution is 2.33. The summed E-state index contributed by atoms with van der Waals surface area (Å²) in [5, 5.41) is 0. The fourth-order valence-corrected chi connectivity index (χ4v) is 3.19.